The summed E-state index contributed by atoms with van der Waals surface area (Å²) in [6.45, 7) is 10.9. The summed E-state index contributed by atoms with van der Waals surface area (Å²) >= 11 is 7.57. The molecule has 2 heterocycles. The summed E-state index contributed by atoms with van der Waals surface area (Å²) in [5, 5.41) is 4.12. The number of amides is 1. The fourth-order valence-electron chi connectivity index (χ4n) is 4.34. The summed E-state index contributed by atoms with van der Waals surface area (Å²) in [6.07, 6.45) is 3.08. The van der Waals surface area contributed by atoms with Gasteiger partial charge < -0.3 is 10.2 Å². The van der Waals surface area contributed by atoms with Gasteiger partial charge in [0.2, 0.25) is 0 Å². The van der Waals surface area contributed by atoms with Crippen molar-refractivity contribution in [3.8, 4) is 0 Å². The zero-order valence-corrected chi connectivity index (χ0v) is 20.4. The van der Waals surface area contributed by atoms with Crippen LogP contribution in [0.15, 0.2) is 40.2 Å². The maximum Gasteiger partial charge on any atom is 0.264 e. The van der Waals surface area contributed by atoms with Crippen molar-refractivity contribution in [1.29, 1.82) is 0 Å². The highest BCUT2D eigenvalue weighted by Gasteiger charge is 2.34. The second kappa shape index (κ2) is 8.03. The zero-order valence-electron chi connectivity index (χ0n) is 18.8. The van der Waals surface area contributed by atoms with Gasteiger partial charge in [0.25, 0.3) is 5.91 Å². The third-order valence-corrected chi connectivity index (χ3v) is 7.74. The Bertz CT molecular complexity index is 1140. The number of aliphatic imine (C=N–C) groups is 1. The lowest BCUT2D eigenvalue weighted by Gasteiger charge is -2.45. The number of anilines is 1. The predicted molar refractivity (Wildman–Crippen MR) is 134 cm³/mol. The van der Waals surface area contributed by atoms with E-state index in [2.05, 4.69) is 62.1 Å². The molecule has 0 unspecified atom stereocenters. The standard InChI is InChI=1S/C25H28ClN3OS/c1-14-10-21-18(15(2)13-25(4,5)29(21)6)11-17(14)12-22-23(30)28-24(31-22)27-20-9-7-8-19(26)16(20)3/h7-12,15H,13H2,1-6H3,(H,27,28,30)/b22-12-/t15-/m1/s1. The monoisotopic (exact) mass is 453 g/mol. The number of aryl methyl sites for hydroxylation is 1. The average Bonchev–Trinajstić information content (AvgIpc) is 3.03. The fourth-order valence-corrected chi connectivity index (χ4v) is 5.33. The first-order valence-electron chi connectivity index (χ1n) is 10.5. The number of carbonyl (C=O) groups excluding carboxylic acids is 1. The van der Waals surface area contributed by atoms with Crippen molar-refractivity contribution in [2.75, 3.05) is 11.9 Å². The van der Waals surface area contributed by atoms with Crippen molar-refractivity contribution < 1.29 is 4.79 Å². The van der Waals surface area contributed by atoms with Gasteiger partial charge in [0.1, 0.15) is 0 Å². The van der Waals surface area contributed by atoms with Gasteiger partial charge in [-0.3, -0.25) is 4.79 Å². The predicted octanol–water partition coefficient (Wildman–Crippen LogP) is 6.57. The molecule has 2 aliphatic rings. The Hall–Kier alpha value is -2.24. The Labute approximate surface area is 193 Å². The molecule has 0 bridgehead atoms. The molecule has 0 saturated carbocycles. The van der Waals surface area contributed by atoms with Gasteiger partial charge in [-0.2, -0.15) is 0 Å². The van der Waals surface area contributed by atoms with Gasteiger partial charge in [-0.25, -0.2) is 4.99 Å². The molecular weight excluding hydrogens is 426 g/mol. The van der Waals surface area contributed by atoms with Crippen molar-refractivity contribution in [2.45, 2.75) is 52.5 Å². The average molecular weight is 454 g/mol. The molecule has 1 fully saturated rings. The molecule has 4 nitrogen and oxygen atoms in total. The van der Waals surface area contributed by atoms with E-state index < -0.39 is 0 Å². The number of fused-ring (bicyclic) bond motifs is 1. The molecular formula is C25H28ClN3OS. The van der Waals surface area contributed by atoms with E-state index in [0.717, 1.165) is 28.8 Å². The Morgan fingerprint density at radius 1 is 1.29 bits per heavy atom. The van der Waals surface area contributed by atoms with Crippen LogP contribution in [0.4, 0.5) is 11.4 Å². The molecule has 31 heavy (non-hydrogen) atoms. The molecule has 2 aromatic carbocycles. The third-order valence-electron chi connectivity index (χ3n) is 6.42. The summed E-state index contributed by atoms with van der Waals surface area (Å²) < 4.78 is 0. The van der Waals surface area contributed by atoms with Crippen molar-refractivity contribution in [3.05, 3.63) is 62.5 Å². The van der Waals surface area contributed by atoms with Crippen molar-refractivity contribution in [2.24, 2.45) is 4.99 Å². The lowest BCUT2D eigenvalue weighted by Crippen LogP contribution is -2.45. The maximum atomic E-state index is 12.6. The third kappa shape index (κ3) is 4.13. The Morgan fingerprint density at radius 3 is 2.77 bits per heavy atom. The molecule has 1 N–H and O–H groups in total. The van der Waals surface area contributed by atoms with Crippen LogP contribution in [0.5, 0.6) is 0 Å². The van der Waals surface area contributed by atoms with Gasteiger partial charge >= 0.3 is 0 Å². The van der Waals surface area contributed by atoms with Crippen molar-refractivity contribution >= 4 is 51.9 Å². The van der Waals surface area contributed by atoms with Crippen LogP contribution >= 0.6 is 23.4 Å². The molecule has 0 radical (unpaired) electrons. The number of rotatable bonds is 2. The van der Waals surface area contributed by atoms with Crippen LogP contribution in [0.3, 0.4) is 0 Å². The molecule has 1 amide bonds. The Balaban J connectivity index is 1.67. The molecule has 0 spiro atoms. The van der Waals surface area contributed by atoms with Gasteiger partial charge in [-0.1, -0.05) is 24.6 Å². The summed E-state index contributed by atoms with van der Waals surface area (Å²) in [5.41, 5.74) is 6.65. The number of nitrogens with one attached hydrogen (secondary N) is 1. The van der Waals surface area contributed by atoms with E-state index in [1.54, 1.807) is 0 Å². The van der Waals surface area contributed by atoms with Crippen LogP contribution in [0.25, 0.3) is 6.08 Å². The van der Waals surface area contributed by atoms with E-state index in [4.69, 9.17) is 11.6 Å². The number of halogens is 1. The molecule has 6 heteroatoms. The van der Waals surface area contributed by atoms with Gasteiger partial charge in [-0.05, 0) is 104 Å². The second-order valence-corrected chi connectivity index (χ2v) is 10.5. The number of carbonyl (C=O) groups is 1. The minimum atomic E-state index is -0.119. The zero-order chi connectivity index (χ0) is 22.5. The SMILES string of the molecule is Cc1cc2c(cc1/C=C1\SC(=Nc3cccc(Cl)c3C)NC1=O)[C@H](C)CC(C)(C)N2C. The fraction of sp³-hybridized carbons (Fsp3) is 0.360. The normalized spacial score (nSPS) is 22.7. The van der Waals surface area contributed by atoms with Crippen LogP contribution < -0.4 is 10.2 Å². The van der Waals surface area contributed by atoms with Crippen LogP contribution in [0, 0.1) is 13.8 Å². The lowest BCUT2D eigenvalue weighted by atomic mass is 9.79. The molecule has 1 saturated heterocycles. The molecule has 0 aliphatic carbocycles. The smallest absolute Gasteiger partial charge is 0.264 e. The Kier molecular flexibility index (Phi) is 5.69. The van der Waals surface area contributed by atoms with Crippen molar-refractivity contribution in [3.63, 3.8) is 0 Å². The first kappa shape index (κ1) is 22.0. The summed E-state index contributed by atoms with van der Waals surface area (Å²) in [6, 6.07) is 10.1. The number of thioether (sulfide) groups is 1. The number of benzene rings is 2. The van der Waals surface area contributed by atoms with Gasteiger partial charge in [0.05, 0.1) is 10.6 Å². The van der Waals surface area contributed by atoms with E-state index >= 15 is 0 Å². The van der Waals surface area contributed by atoms with Gasteiger partial charge in [0.15, 0.2) is 5.17 Å². The number of hydrogen-bond donors (Lipinski definition) is 1. The molecule has 0 aromatic heterocycles. The summed E-state index contributed by atoms with van der Waals surface area (Å²) in [7, 11) is 2.17. The van der Waals surface area contributed by atoms with Crippen LogP contribution in [0.2, 0.25) is 5.02 Å². The molecule has 162 valence electrons. The number of amidine groups is 1. The van der Waals surface area contributed by atoms with E-state index in [0.29, 0.717) is 21.0 Å². The first-order chi connectivity index (χ1) is 14.6. The van der Waals surface area contributed by atoms with Crippen molar-refractivity contribution in [1.82, 2.24) is 5.32 Å². The number of hydrogen-bond acceptors (Lipinski definition) is 4. The van der Waals surface area contributed by atoms with E-state index in [9.17, 15) is 4.79 Å². The largest absolute Gasteiger partial charge is 0.369 e. The minimum absolute atomic E-state index is 0.119. The second-order valence-electron chi connectivity index (χ2n) is 9.11. The summed E-state index contributed by atoms with van der Waals surface area (Å²) in [5.74, 6) is 0.346. The van der Waals surface area contributed by atoms with Gasteiger partial charge in [-0.15, -0.1) is 0 Å². The quantitative estimate of drug-likeness (QED) is 0.523. The van der Waals surface area contributed by atoms with Crippen LogP contribution in [-0.4, -0.2) is 23.7 Å². The van der Waals surface area contributed by atoms with Crippen LogP contribution in [0.1, 0.15) is 55.4 Å². The summed E-state index contributed by atoms with van der Waals surface area (Å²) in [4.78, 5) is 20.3. The van der Waals surface area contributed by atoms with E-state index in [1.165, 1.54) is 23.0 Å². The molecule has 2 aliphatic heterocycles. The highest BCUT2D eigenvalue weighted by Crippen LogP contribution is 2.44. The maximum absolute atomic E-state index is 12.6. The van der Waals surface area contributed by atoms with Crippen LogP contribution in [-0.2, 0) is 4.79 Å². The van der Waals surface area contributed by atoms with E-state index in [1.807, 2.05) is 31.2 Å². The highest BCUT2D eigenvalue weighted by atomic mass is 35.5. The molecule has 1 atom stereocenters. The van der Waals surface area contributed by atoms with E-state index in [-0.39, 0.29) is 11.4 Å². The minimum Gasteiger partial charge on any atom is -0.369 e. The molecule has 2 aromatic rings. The first-order valence-corrected chi connectivity index (χ1v) is 11.7. The highest BCUT2D eigenvalue weighted by molar-refractivity contribution is 8.18. The lowest BCUT2D eigenvalue weighted by molar-refractivity contribution is -0.115. The number of nitrogens with zero attached hydrogens (tertiary/aromatic N) is 2. The van der Waals surface area contributed by atoms with Gasteiger partial charge in [0, 0.05) is 23.3 Å². The molecule has 4 rings (SSSR count). The Morgan fingerprint density at radius 2 is 2.03 bits per heavy atom. The topological polar surface area (TPSA) is 44.7 Å².